The van der Waals surface area contributed by atoms with Gasteiger partial charge >= 0.3 is 0 Å². The van der Waals surface area contributed by atoms with Crippen LogP contribution in [0.2, 0.25) is 0 Å². The van der Waals surface area contributed by atoms with E-state index in [4.69, 9.17) is 0 Å². The Labute approximate surface area is 114 Å². The average Bonchev–Trinajstić information content (AvgIpc) is 2.94. The Hall–Kier alpha value is -1.27. The number of amides is 1. The van der Waals surface area contributed by atoms with Crippen LogP contribution in [-0.2, 0) is 11.3 Å². The van der Waals surface area contributed by atoms with Crippen molar-refractivity contribution in [2.24, 2.45) is 0 Å². The normalized spacial score (nSPS) is 12.4. The fourth-order valence-corrected chi connectivity index (χ4v) is 3.12. The van der Waals surface area contributed by atoms with Crippen LogP contribution in [0, 0.1) is 13.8 Å². The summed E-state index contributed by atoms with van der Waals surface area (Å²) in [6.45, 7) is 6.33. The van der Waals surface area contributed by atoms with E-state index in [-0.39, 0.29) is 11.8 Å². The predicted octanol–water partition coefficient (Wildman–Crippen LogP) is 2.64. The monoisotopic (exact) mass is 281 g/mol. The van der Waals surface area contributed by atoms with Crippen LogP contribution in [0.1, 0.15) is 32.6 Å². The first-order valence-corrected chi connectivity index (χ1v) is 7.32. The second kappa shape index (κ2) is 5.58. The molecule has 0 aromatic carbocycles. The van der Waals surface area contributed by atoms with E-state index >= 15 is 0 Å². The zero-order valence-electron chi connectivity index (χ0n) is 10.6. The first kappa shape index (κ1) is 13.2. The lowest BCUT2D eigenvalue weighted by atomic mass is 10.1. The molecular weight excluding hydrogens is 266 g/mol. The van der Waals surface area contributed by atoms with Crippen LogP contribution in [0.4, 0.5) is 0 Å². The largest absolute Gasteiger partial charge is 0.349 e. The molecule has 0 aliphatic carbocycles. The maximum atomic E-state index is 12.0. The van der Waals surface area contributed by atoms with E-state index in [0.29, 0.717) is 6.54 Å². The van der Waals surface area contributed by atoms with Gasteiger partial charge in [-0.2, -0.15) is 0 Å². The number of hydrogen-bond donors (Lipinski definition) is 1. The molecule has 2 aromatic heterocycles. The second-order valence-corrected chi connectivity index (χ2v) is 6.69. The standard InChI is InChI=1S/C12H15N3OS2/c1-7-4-5-10(17-7)8(2)12(16)13-6-11-15-14-9(3)18-11/h4-5,8H,6H2,1-3H3,(H,13,16). The van der Waals surface area contributed by atoms with E-state index in [2.05, 4.69) is 15.5 Å². The first-order valence-electron chi connectivity index (χ1n) is 5.69. The van der Waals surface area contributed by atoms with Crippen molar-refractivity contribution >= 4 is 28.6 Å². The molecule has 2 aromatic rings. The van der Waals surface area contributed by atoms with Gasteiger partial charge in [-0.25, -0.2) is 0 Å². The molecule has 0 radical (unpaired) electrons. The maximum Gasteiger partial charge on any atom is 0.228 e. The number of carbonyl (C=O) groups is 1. The lowest BCUT2D eigenvalue weighted by Gasteiger charge is -2.09. The summed E-state index contributed by atoms with van der Waals surface area (Å²) in [6, 6.07) is 4.05. The predicted molar refractivity (Wildman–Crippen MR) is 74.0 cm³/mol. The third kappa shape index (κ3) is 3.14. The van der Waals surface area contributed by atoms with Crippen molar-refractivity contribution in [2.45, 2.75) is 33.2 Å². The summed E-state index contributed by atoms with van der Waals surface area (Å²) in [7, 11) is 0. The second-order valence-electron chi connectivity index (χ2n) is 4.10. The minimum absolute atomic E-state index is 0.0321. The minimum Gasteiger partial charge on any atom is -0.349 e. The summed E-state index contributed by atoms with van der Waals surface area (Å²) in [5, 5.41) is 12.6. The molecule has 1 unspecified atom stereocenters. The zero-order chi connectivity index (χ0) is 13.1. The Bertz CT molecular complexity index is 547. The van der Waals surface area contributed by atoms with Crippen LogP contribution in [0.25, 0.3) is 0 Å². The number of hydrogen-bond acceptors (Lipinski definition) is 5. The number of nitrogens with zero attached hydrogens (tertiary/aromatic N) is 2. The summed E-state index contributed by atoms with van der Waals surface area (Å²) in [4.78, 5) is 14.3. The quantitative estimate of drug-likeness (QED) is 0.937. The summed E-state index contributed by atoms with van der Waals surface area (Å²) in [6.07, 6.45) is 0. The molecule has 0 bridgehead atoms. The molecule has 1 atom stereocenters. The Morgan fingerprint density at radius 1 is 1.33 bits per heavy atom. The van der Waals surface area contributed by atoms with Gasteiger partial charge in [0.25, 0.3) is 0 Å². The highest BCUT2D eigenvalue weighted by atomic mass is 32.1. The van der Waals surface area contributed by atoms with Crippen LogP contribution in [0.3, 0.4) is 0 Å². The highest BCUT2D eigenvalue weighted by Crippen LogP contribution is 2.24. The van der Waals surface area contributed by atoms with Crippen molar-refractivity contribution in [3.05, 3.63) is 31.9 Å². The smallest absolute Gasteiger partial charge is 0.228 e. The Morgan fingerprint density at radius 2 is 2.11 bits per heavy atom. The van der Waals surface area contributed by atoms with E-state index in [1.54, 1.807) is 11.3 Å². The molecule has 0 saturated carbocycles. The highest BCUT2D eigenvalue weighted by molar-refractivity contribution is 7.12. The minimum atomic E-state index is -0.113. The van der Waals surface area contributed by atoms with Gasteiger partial charge in [0.2, 0.25) is 5.91 Å². The van der Waals surface area contributed by atoms with E-state index in [1.165, 1.54) is 16.2 Å². The van der Waals surface area contributed by atoms with Crippen molar-refractivity contribution in [3.63, 3.8) is 0 Å². The number of carbonyl (C=O) groups excluding carboxylic acids is 1. The van der Waals surface area contributed by atoms with E-state index in [0.717, 1.165) is 14.9 Å². The van der Waals surface area contributed by atoms with Crippen molar-refractivity contribution in [1.29, 1.82) is 0 Å². The van der Waals surface area contributed by atoms with Gasteiger partial charge in [-0.3, -0.25) is 4.79 Å². The van der Waals surface area contributed by atoms with Crippen LogP contribution in [0.15, 0.2) is 12.1 Å². The summed E-state index contributed by atoms with van der Waals surface area (Å²) < 4.78 is 0. The highest BCUT2D eigenvalue weighted by Gasteiger charge is 2.16. The first-order chi connectivity index (χ1) is 8.56. The average molecular weight is 281 g/mol. The molecule has 18 heavy (non-hydrogen) atoms. The molecule has 2 rings (SSSR count). The van der Waals surface area contributed by atoms with Gasteiger partial charge < -0.3 is 5.32 Å². The SMILES string of the molecule is Cc1ccc(C(C)C(=O)NCc2nnc(C)s2)s1. The number of rotatable bonds is 4. The van der Waals surface area contributed by atoms with Crippen LogP contribution in [0.5, 0.6) is 0 Å². The molecule has 2 heterocycles. The molecule has 0 aliphatic rings. The number of aromatic nitrogens is 2. The molecule has 0 spiro atoms. The third-order valence-electron chi connectivity index (χ3n) is 2.56. The number of aryl methyl sites for hydroxylation is 2. The Balaban J connectivity index is 1.92. The Kier molecular flexibility index (Phi) is 4.08. The van der Waals surface area contributed by atoms with E-state index < -0.39 is 0 Å². The van der Waals surface area contributed by atoms with E-state index in [9.17, 15) is 4.79 Å². The molecular formula is C12H15N3OS2. The van der Waals surface area contributed by atoms with Crippen LogP contribution >= 0.6 is 22.7 Å². The maximum absolute atomic E-state index is 12.0. The van der Waals surface area contributed by atoms with Gasteiger partial charge in [-0.15, -0.1) is 21.5 Å². The molecule has 0 aliphatic heterocycles. The fraction of sp³-hybridized carbons (Fsp3) is 0.417. The molecule has 4 nitrogen and oxygen atoms in total. The van der Waals surface area contributed by atoms with Gasteiger partial charge in [0.1, 0.15) is 10.0 Å². The summed E-state index contributed by atoms with van der Waals surface area (Å²) in [5.74, 6) is -0.0811. The molecule has 0 fully saturated rings. The molecule has 96 valence electrons. The summed E-state index contributed by atoms with van der Waals surface area (Å²) >= 11 is 3.17. The molecule has 1 amide bonds. The summed E-state index contributed by atoms with van der Waals surface area (Å²) in [5.41, 5.74) is 0. The van der Waals surface area contributed by atoms with Gasteiger partial charge in [0.05, 0.1) is 12.5 Å². The zero-order valence-corrected chi connectivity index (χ0v) is 12.2. The van der Waals surface area contributed by atoms with Crippen LogP contribution in [-0.4, -0.2) is 16.1 Å². The molecule has 6 heteroatoms. The lowest BCUT2D eigenvalue weighted by molar-refractivity contribution is -0.122. The fourth-order valence-electron chi connectivity index (χ4n) is 1.54. The van der Waals surface area contributed by atoms with Crippen molar-refractivity contribution < 1.29 is 4.79 Å². The van der Waals surface area contributed by atoms with Gasteiger partial charge in [0, 0.05) is 9.75 Å². The van der Waals surface area contributed by atoms with Gasteiger partial charge in [-0.1, -0.05) is 11.3 Å². The number of thiophene rings is 1. The van der Waals surface area contributed by atoms with Gasteiger partial charge in [0.15, 0.2) is 0 Å². The molecule has 0 saturated heterocycles. The topological polar surface area (TPSA) is 54.9 Å². The van der Waals surface area contributed by atoms with Crippen molar-refractivity contribution in [1.82, 2.24) is 15.5 Å². The van der Waals surface area contributed by atoms with Gasteiger partial charge in [-0.05, 0) is 32.9 Å². The Morgan fingerprint density at radius 3 is 2.67 bits per heavy atom. The lowest BCUT2D eigenvalue weighted by Crippen LogP contribution is -2.27. The number of nitrogens with one attached hydrogen (secondary N) is 1. The van der Waals surface area contributed by atoms with Crippen LogP contribution < -0.4 is 5.32 Å². The van der Waals surface area contributed by atoms with E-state index in [1.807, 2.05) is 32.9 Å². The van der Waals surface area contributed by atoms with Crippen molar-refractivity contribution in [3.8, 4) is 0 Å². The third-order valence-corrected chi connectivity index (χ3v) is 4.58. The molecule has 1 N–H and O–H groups in total. The van der Waals surface area contributed by atoms with Crippen molar-refractivity contribution in [2.75, 3.05) is 0 Å².